The molecule has 0 saturated heterocycles. The van der Waals surface area contributed by atoms with Crippen molar-refractivity contribution in [3.05, 3.63) is 127 Å². The summed E-state index contributed by atoms with van der Waals surface area (Å²) in [6.07, 6.45) is 1.58. The van der Waals surface area contributed by atoms with E-state index in [0.717, 1.165) is 24.7 Å². The largest absolute Gasteiger partial charge is 0.490 e. The number of carbonyl (C=O) groups is 2. The SMILES string of the molecule is CCOc1cc(/C=N\NC(=O)C[C@@H](NC(=O)c2ccccc2)c2ccccc2)cc(I)c1OCc1ccc(Br)cc1. The number of amides is 2. The molecule has 7 nitrogen and oxygen atoms in total. The molecule has 0 aliphatic heterocycles. The van der Waals surface area contributed by atoms with Gasteiger partial charge >= 0.3 is 0 Å². The van der Waals surface area contributed by atoms with Gasteiger partial charge < -0.3 is 14.8 Å². The van der Waals surface area contributed by atoms with E-state index in [0.29, 0.717) is 30.3 Å². The Bertz CT molecular complexity index is 1480. The molecule has 4 aromatic carbocycles. The highest BCUT2D eigenvalue weighted by molar-refractivity contribution is 14.1. The van der Waals surface area contributed by atoms with E-state index in [-0.39, 0.29) is 18.2 Å². The van der Waals surface area contributed by atoms with Crippen molar-refractivity contribution in [3.63, 3.8) is 0 Å². The predicted octanol–water partition coefficient (Wildman–Crippen LogP) is 7.04. The summed E-state index contributed by atoms with van der Waals surface area (Å²) in [6, 6.07) is 29.4. The molecule has 4 aromatic rings. The molecule has 9 heteroatoms. The fourth-order valence-corrected chi connectivity index (χ4v) is 5.03. The minimum Gasteiger partial charge on any atom is -0.490 e. The Morgan fingerprint density at radius 2 is 1.63 bits per heavy atom. The van der Waals surface area contributed by atoms with Crippen LogP contribution >= 0.6 is 38.5 Å². The number of halogens is 2. The van der Waals surface area contributed by atoms with Crippen LogP contribution in [0.15, 0.2) is 107 Å². The molecule has 1 atom stereocenters. The smallest absolute Gasteiger partial charge is 0.251 e. The molecule has 0 aromatic heterocycles. The Kier molecular flexibility index (Phi) is 11.3. The first-order valence-corrected chi connectivity index (χ1v) is 14.9. The van der Waals surface area contributed by atoms with Gasteiger partial charge in [0.1, 0.15) is 6.61 Å². The van der Waals surface area contributed by atoms with Gasteiger partial charge in [-0.25, -0.2) is 5.43 Å². The lowest BCUT2D eigenvalue weighted by Crippen LogP contribution is -2.32. The van der Waals surface area contributed by atoms with Gasteiger partial charge in [0.05, 0.1) is 28.9 Å². The molecule has 41 heavy (non-hydrogen) atoms. The van der Waals surface area contributed by atoms with Crippen molar-refractivity contribution in [1.82, 2.24) is 10.7 Å². The van der Waals surface area contributed by atoms with E-state index in [1.165, 1.54) is 0 Å². The first-order valence-electron chi connectivity index (χ1n) is 13.0. The van der Waals surface area contributed by atoms with E-state index in [9.17, 15) is 9.59 Å². The zero-order valence-corrected chi connectivity index (χ0v) is 26.1. The van der Waals surface area contributed by atoms with E-state index in [1.807, 2.05) is 79.7 Å². The van der Waals surface area contributed by atoms with Crippen LogP contribution in [0.4, 0.5) is 0 Å². The molecule has 0 aliphatic rings. The van der Waals surface area contributed by atoms with Crippen LogP contribution in [0.2, 0.25) is 0 Å². The highest BCUT2D eigenvalue weighted by Crippen LogP contribution is 2.34. The zero-order valence-electron chi connectivity index (χ0n) is 22.3. The maximum absolute atomic E-state index is 12.8. The van der Waals surface area contributed by atoms with E-state index >= 15 is 0 Å². The quantitative estimate of drug-likeness (QED) is 0.0932. The van der Waals surface area contributed by atoms with Crippen molar-refractivity contribution < 1.29 is 19.1 Å². The van der Waals surface area contributed by atoms with E-state index in [2.05, 4.69) is 54.4 Å². The topological polar surface area (TPSA) is 89.0 Å². The molecule has 0 spiro atoms. The first kappa shape index (κ1) is 30.3. The Labute approximate surface area is 261 Å². The Morgan fingerprint density at radius 1 is 0.951 bits per heavy atom. The van der Waals surface area contributed by atoms with Gasteiger partial charge in [0.2, 0.25) is 5.91 Å². The van der Waals surface area contributed by atoms with E-state index in [1.54, 1.807) is 30.5 Å². The Balaban J connectivity index is 1.41. The van der Waals surface area contributed by atoms with Gasteiger partial charge in [0.15, 0.2) is 11.5 Å². The average Bonchev–Trinajstić information content (AvgIpc) is 2.98. The minimum absolute atomic E-state index is 0.0183. The van der Waals surface area contributed by atoms with Crippen LogP contribution < -0.4 is 20.2 Å². The molecule has 0 heterocycles. The summed E-state index contributed by atoms with van der Waals surface area (Å²) < 4.78 is 13.8. The number of hydrogen-bond acceptors (Lipinski definition) is 5. The normalized spacial score (nSPS) is 11.6. The molecule has 2 amide bonds. The van der Waals surface area contributed by atoms with Crippen molar-refractivity contribution in [1.29, 1.82) is 0 Å². The van der Waals surface area contributed by atoms with Crippen molar-refractivity contribution in [3.8, 4) is 11.5 Å². The third-order valence-corrected chi connectivity index (χ3v) is 7.29. The fourth-order valence-electron chi connectivity index (χ4n) is 3.98. The number of ether oxygens (including phenoxy) is 2. The summed E-state index contributed by atoms with van der Waals surface area (Å²) in [4.78, 5) is 25.6. The summed E-state index contributed by atoms with van der Waals surface area (Å²) in [5.41, 5.74) is 5.71. The van der Waals surface area contributed by atoms with Gasteiger partial charge in [-0.1, -0.05) is 76.6 Å². The predicted molar refractivity (Wildman–Crippen MR) is 172 cm³/mol. The summed E-state index contributed by atoms with van der Waals surface area (Å²) in [7, 11) is 0. The lowest BCUT2D eigenvalue weighted by Gasteiger charge is -2.18. The van der Waals surface area contributed by atoms with Gasteiger partial charge in [-0.15, -0.1) is 0 Å². The number of hydrazone groups is 1. The monoisotopic (exact) mass is 725 g/mol. The maximum atomic E-state index is 12.8. The van der Waals surface area contributed by atoms with Crippen LogP contribution in [-0.2, 0) is 11.4 Å². The standard InChI is InChI=1S/C32H29BrIN3O4/c1-2-40-29-18-23(17-27(34)31(29)41-21-22-13-15-26(33)16-14-22)20-35-37-30(38)19-28(24-9-5-3-6-10-24)36-32(39)25-11-7-4-8-12-25/h3-18,20,28H,2,19,21H2,1H3,(H,36,39)(H,37,38)/b35-20-/t28-/m1/s1. The van der Waals surface area contributed by atoms with Gasteiger partial charge in [0.25, 0.3) is 5.91 Å². The van der Waals surface area contributed by atoms with Crippen LogP contribution in [-0.4, -0.2) is 24.6 Å². The summed E-state index contributed by atoms with van der Waals surface area (Å²) in [5, 5.41) is 7.12. The lowest BCUT2D eigenvalue weighted by molar-refractivity contribution is -0.121. The Morgan fingerprint density at radius 3 is 2.32 bits per heavy atom. The van der Waals surface area contributed by atoms with Crippen LogP contribution in [0.1, 0.15) is 46.4 Å². The summed E-state index contributed by atoms with van der Waals surface area (Å²) in [6.45, 7) is 2.78. The van der Waals surface area contributed by atoms with Crippen molar-refractivity contribution in [2.24, 2.45) is 5.10 Å². The van der Waals surface area contributed by atoms with Gasteiger partial charge in [-0.05, 0) is 82.6 Å². The number of benzene rings is 4. The molecule has 0 aliphatic carbocycles. The zero-order chi connectivity index (χ0) is 29.0. The van der Waals surface area contributed by atoms with Crippen LogP contribution in [0.25, 0.3) is 0 Å². The van der Waals surface area contributed by atoms with Crippen LogP contribution in [0.5, 0.6) is 11.5 Å². The number of nitrogens with one attached hydrogen (secondary N) is 2. The van der Waals surface area contributed by atoms with E-state index < -0.39 is 6.04 Å². The summed E-state index contributed by atoms with van der Waals surface area (Å²) in [5.74, 6) is 0.655. The number of carbonyl (C=O) groups excluding carboxylic acids is 2. The van der Waals surface area contributed by atoms with Gasteiger partial charge in [0, 0.05) is 10.0 Å². The molecule has 0 bridgehead atoms. The van der Waals surface area contributed by atoms with Crippen LogP contribution in [0.3, 0.4) is 0 Å². The highest BCUT2D eigenvalue weighted by atomic mass is 127. The number of nitrogens with zero attached hydrogens (tertiary/aromatic N) is 1. The second-order valence-electron chi connectivity index (χ2n) is 8.98. The molecule has 210 valence electrons. The lowest BCUT2D eigenvalue weighted by atomic mass is 10.0. The summed E-state index contributed by atoms with van der Waals surface area (Å²) >= 11 is 5.65. The van der Waals surface area contributed by atoms with Crippen LogP contribution in [0, 0.1) is 3.57 Å². The van der Waals surface area contributed by atoms with Gasteiger partial charge in [-0.3, -0.25) is 9.59 Å². The molecule has 0 fully saturated rings. The fraction of sp³-hybridized carbons (Fsp3) is 0.156. The second kappa shape index (κ2) is 15.3. The third kappa shape index (κ3) is 9.15. The molecular weight excluding hydrogens is 697 g/mol. The van der Waals surface area contributed by atoms with Gasteiger partial charge in [-0.2, -0.15) is 5.10 Å². The first-order chi connectivity index (χ1) is 19.9. The average molecular weight is 726 g/mol. The maximum Gasteiger partial charge on any atom is 0.251 e. The molecule has 2 N–H and O–H groups in total. The number of hydrogen-bond donors (Lipinski definition) is 2. The molecule has 0 saturated carbocycles. The minimum atomic E-state index is -0.522. The molecule has 0 radical (unpaired) electrons. The molecule has 0 unspecified atom stereocenters. The Hall–Kier alpha value is -3.70. The molecular formula is C32H29BrIN3O4. The third-order valence-electron chi connectivity index (χ3n) is 5.96. The van der Waals surface area contributed by atoms with Crippen molar-refractivity contribution >= 4 is 56.5 Å². The highest BCUT2D eigenvalue weighted by Gasteiger charge is 2.19. The van der Waals surface area contributed by atoms with E-state index in [4.69, 9.17) is 9.47 Å². The van der Waals surface area contributed by atoms with Crippen molar-refractivity contribution in [2.75, 3.05) is 6.61 Å². The number of rotatable bonds is 12. The van der Waals surface area contributed by atoms with Crippen molar-refractivity contribution in [2.45, 2.75) is 26.0 Å². The second-order valence-corrected chi connectivity index (χ2v) is 11.1. The molecule has 4 rings (SSSR count).